The quantitative estimate of drug-likeness (QED) is 0.923. The second-order valence-corrected chi connectivity index (χ2v) is 4.56. The number of nitrogens with one attached hydrogen (secondary N) is 1. The number of nitriles is 1. The first-order valence-corrected chi connectivity index (χ1v) is 5.96. The van der Waals surface area contributed by atoms with Crippen LogP contribution < -0.4 is 5.32 Å². The Labute approximate surface area is 112 Å². The fourth-order valence-corrected chi connectivity index (χ4v) is 1.89. The van der Waals surface area contributed by atoms with E-state index in [-0.39, 0.29) is 5.91 Å². The van der Waals surface area contributed by atoms with Gasteiger partial charge in [-0.15, -0.1) is 0 Å². The summed E-state index contributed by atoms with van der Waals surface area (Å²) in [5.41, 5.74) is 1.34. The molecule has 0 atom stereocenters. The number of carbonyl (C=O) groups is 1. The predicted molar refractivity (Wildman–Crippen MR) is 70.3 cm³/mol. The number of anilines is 1. The van der Waals surface area contributed by atoms with Crippen molar-refractivity contribution in [3.63, 3.8) is 0 Å². The van der Waals surface area contributed by atoms with Gasteiger partial charge >= 0.3 is 0 Å². The molecule has 0 saturated carbocycles. The number of furan rings is 1. The Balaban J connectivity index is 2.28. The van der Waals surface area contributed by atoms with E-state index < -0.39 is 0 Å². The summed E-state index contributed by atoms with van der Waals surface area (Å²) in [5.74, 6) is 0.253. The first-order valence-electron chi connectivity index (χ1n) is 5.17. The molecule has 18 heavy (non-hydrogen) atoms. The maximum Gasteiger partial charge on any atom is 0.259 e. The topological polar surface area (TPSA) is 66.0 Å². The van der Waals surface area contributed by atoms with E-state index in [4.69, 9.17) is 9.68 Å². The average Bonchev–Trinajstić information content (AvgIpc) is 2.77. The van der Waals surface area contributed by atoms with Gasteiger partial charge in [0.15, 0.2) is 0 Å². The molecule has 2 aromatic rings. The molecule has 4 nitrogen and oxygen atoms in total. The molecule has 1 aromatic heterocycles. The molecule has 0 bridgehead atoms. The number of hydrogen-bond donors (Lipinski definition) is 1. The number of benzene rings is 1. The van der Waals surface area contributed by atoms with Gasteiger partial charge in [-0.1, -0.05) is 15.9 Å². The van der Waals surface area contributed by atoms with Gasteiger partial charge in [0.05, 0.1) is 23.1 Å². The lowest BCUT2D eigenvalue weighted by molar-refractivity contribution is 0.102. The van der Waals surface area contributed by atoms with Crippen LogP contribution in [0.5, 0.6) is 0 Å². The minimum atomic E-state index is -0.292. The summed E-state index contributed by atoms with van der Waals surface area (Å²) in [5, 5.41) is 11.7. The SMILES string of the molecule is Cc1occc1C(=O)Nc1ccc(Br)cc1C#N. The fourth-order valence-electron chi connectivity index (χ4n) is 1.53. The van der Waals surface area contributed by atoms with Crippen LogP contribution in [0.4, 0.5) is 5.69 Å². The monoisotopic (exact) mass is 304 g/mol. The molecule has 90 valence electrons. The van der Waals surface area contributed by atoms with Gasteiger partial charge in [-0.05, 0) is 31.2 Å². The lowest BCUT2D eigenvalue weighted by atomic mass is 10.2. The summed E-state index contributed by atoms with van der Waals surface area (Å²) < 4.78 is 5.85. The van der Waals surface area contributed by atoms with E-state index in [2.05, 4.69) is 21.2 Å². The van der Waals surface area contributed by atoms with Crippen molar-refractivity contribution >= 4 is 27.5 Å². The Bertz CT molecular complexity index is 641. The van der Waals surface area contributed by atoms with Gasteiger partial charge in [0, 0.05) is 4.47 Å². The van der Waals surface area contributed by atoms with E-state index in [0.29, 0.717) is 22.6 Å². The zero-order chi connectivity index (χ0) is 13.1. The fraction of sp³-hybridized carbons (Fsp3) is 0.0769. The van der Waals surface area contributed by atoms with E-state index in [1.54, 1.807) is 31.2 Å². The number of halogens is 1. The Kier molecular flexibility index (Phi) is 3.49. The molecule has 0 unspecified atom stereocenters. The van der Waals surface area contributed by atoms with Crippen LogP contribution in [-0.4, -0.2) is 5.91 Å². The predicted octanol–water partition coefficient (Wildman–Crippen LogP) is 3.47. The number of aryl methyl sites for hydroxylation is 1. The third-order valence-corrected chi connectivity index (χ3v) is 2.95. The van der Waals surface area contributed by atoms with Gasteiger partial charge in [-0.3, -0.25) is 4.79 Å². The van der Waals surface area contributed by atoms with E-state index in [0.717, 1.165) is 4.47 Å². The van der Waals surface area contributed by atoms with E-state index in [9.17, 15) is 4.79 Å². The van der Waals surface area contributed by atoms with Gasteiger partial charge in [-0.25, -0.2) is 0 Å². The van der Waals surface area contributed by atoms with Crippen LogP contribution in [0, 0.1) is 18.3 Å². The normalized spacial score (nSPS) is 9.83. The first-order chi connectivity index (χ1) is 8.61. The van der Waals surface area contributed by atoms with Crippen LogP contribution in [0.25, 0.3) is 0 Å². The van der Waals surface area contributed by atoms with E-state index in [1.165, 1.54) is 6.26 Å². The molecule has 1 amide bonds. The Morgan fingerprint density at radius 2 is 2.22 bits per heavy atom. The van der Waals surface area contributed by atoms with Gasteiger partial charge in [0.25, 0.3) is 5.91 Å². The minimum Gasteiger partial charge on any atom is -0.469 e. The number of amides is 1. The standard InChI is InChI=1S/C13H9BrN2O2/c1-8-11(4-5-18-8)13(17)16-12-3-2-10(14)6-9(12)7-15/h2-6H,1H3,(H,16,17). The van der Waals surface area contributed by atoms with Crippen molar-refractivity contribution in [2.45, 2.75) is 6.92 Å². The average molecular weight is 305 g/mol. The Morgan fingerprint density at radius 1 is 1.44 bits per heavy atom. The molecule has 1 aromatic carbocycles. The molecule has 5 heteroatoms. The number of rotatable bonds is 2. The smallest absolute Gasteiger partial charge is 0.259 e. The summed E-state index contributed by atoms with van der Waals surface area (Å²) >= 11 is 3.27. The first kappa shape index (κ1) is 12.4. The molecule has 0 saturated heterocycles. The van der Waals surface area contributed by atoms with Crippen LogP contribution in [0.1, 0.15) is 21.7 Å². The van der Waals surface area contributed by atoms with Crippen molar-refractivity contribution in [3.8, 4) is 6.07 Å². The van der Waals surface area contributed by atoms with Gasteiger partial charge < -0.3 is 9.73 Å². The lowest BCUT2D eigenvalue weighted by Crippen LogP contribution is -2.13. The maximum absolute atomic E-state index is 12.0. The van der Waals surface area contributed by atoms with Crippen LogP contribution in [0.15, 0.2) is 39.4 Å². The Morgan fingerprint density at radius 3 is 2.83 bits per heavy atom. The Hall–Kier alpha value is -2.06. The molecule has 0 aliphatic heterocycles. The highest BCUT2D eigenvalue weighted by atomic mass is 79.9. The molecule has 0 aliphatic rings. The zero-order valence-corrected chi connectivity index (χ0v) is 11.1. The second-order valence-electron chi connectivity index (χ2n) is 3.65. The van der Waals surface area contributed by atoms with Crippen molar-refractivity contribution < 1.29 is 9.21 Å². The zero-order valence-electron chi connectivity index (χ0n) is 9.53. The van der Waals surface area contributed by atoms with Crippen molar-refractivity contribution in [3.05, 3.63) is 51.9 Å². The summed E-state index contributed by atoms with van der Waals surface area (Å²) in [7, 11) is 0. The van der Waals surface area contributed by atoms with Crippen molar-refractivity contribution in [1.82, 2.24) is 0 Å². The molecule has 0 radical (unpaired) electrons. The maximum atomic E-state index is 12.0. The van der Waals surface area contributed by atoms with Gasteiger partial charge in [0.2, 0.25) is 0 Å². The third kappa shape index (κ3) is 2.44. The summed E-state index contributed by atoms with van der Waals surface area (Å²) in [6.07, 6.45) is 1.46. The molecule has 0 aliphatic carbocycles. The largest absolute Gasteiger partial charge is 0.469 e. The molecule has 0 fully saturated rings. The van der Waals surface area contributed by atoms with Gasteiger partial charge in [0.1, 0.15) is 11.8 Å². The van der Waals surface area contributed by atoms with Crippen molar-refractivity contribution in [2.24, 2.45) is 0 Å². The molecule has 2 rings (SSSR count). The minimum absolute atomic E-state index is 0.292. The van der Waals surface area contributed by atoms with Gasteiger partial charge in [-0.2, -0.15) is 5.26 Å². The molecule has 1 N–H and O–H groups in total. The van der Waals surface area contributed by atoms with E-state index >= 15 is 0 Å². The van der Waals surface area contributed by atoms with Crippen LogP contribution in [0.2, 0.25) is 0 Å². The third-order valence-electron chi connectivity index (χ3n) is 2.45. The molecular formula is C13H9BrN2O2. The van der Waals surface area contributed by atoms with Crippen molar-refractivity contribution in [1.29, 1.82) is 5.26 Å². The van der Waals surface area contributed by atoms with Crippen molar-refractivity contribution in [2.75, 3.05) is 5.32 Å². The molecule has 1 heterocycles. The highest BCUT2D eigenvalue weighted by Gasteiger charge is 2.13. The summed E-state index contributed by atoms with van der Waals surface area (Å²) in [6, 6.07) is 8.72. The number of carbonyl (C=O) groups excluding carboxylic acids is 1. The lowest BCUT2D eigenvalue weighted by Gasteiger charge is -2.06. The van der Waals surface area contributed by atoms with Crippen LogP contribution in [-0.2, 0) is 0 Å². The van der Waals surface area contributed by atoms with E-state index in [1.807, 2.05) is 6.07 Å². The van der Waals surface area contributed by atoms with Crippen LogP contribution in [0.3, 0.4) is 0 Å². The highest BCUT2D eigenvalue weighted by molar-refractivity contribution is 9.10. The molecular weight excluding hydrogens is 296 g/mol. The summed E-state index contributed by atoms with van der Waals surface area (Å²) in [6.45, 7) is 1.71. The summed E-state index contributed by atoms with van der Waals surface area (Å²) in [4.78, 5) is 12.0. The number of hydrogen-bond acceptors (Lipinski definition) is 3. The second kappa shape index (κ2) is 5.07. The highest BCUT2D eigenvalue weighted by Crippen LogP contribution is 2.21. The molecule has 0 spiro atoms. The number of nitrogens with zero attached hydrogens (tertiary/aromatic N) is 1. The van der Waals surface area contributed by atoms with Crippen LogP contribution >= 0.6 is 15.9 Å².